The Kier molecular flexibility index (Phi) is 4.78. The predicted octanol–water partition coefficient (Wildman–Crippen LogP) is 1.14. The van der Waals surface area contributed by atoms with E-state index in [4.69, 9.17) is 0 Å². The largest absolute Gasteiger partial charge is 0.353 e. The van der Waals surface area contributed by atoms with E-state index in [0.717, 1.165) is 44.0 Å². The first kappa shape index (κ1) is 15.1. The van der Waals surface area contributed by atoms with Crippen molar-refractivity contribution in [2.45, 2.75) is 12.8 Å². The fourth-order valence-electron chi connectivity index (χ4n) is 3.05. The highest BCUT2D eigenvalue weighted by molar-refractivity contribution is 7.99. The maximum Gasteiger partial charge on any atom is 0.227 e. The third-order valence-electron chi connectivity index (χ3n) is 4.18. The van der Waals surface area contributed by atoms with Crippen LogP contribution in [0.25, 0.3) is 0 Å². The summed E-state index contributed by atoms with van der Waals surface area (Å²) in [6, 6.07) is 2.09. The number of carbonyl (C=O) groups is 1. The van der Waals surface area contributed by atoms with E-state index in [1.54, 1.807) is 6.20 Å². The van der Waals surface area contributed by atoms with E-state index in [9.17, 15) is 10.1 Å². The molecule has 22 heavy (non-hydrogen) atoms. The van der Waals surface area contributed by atoms with E-state index in [-0.39, 0.29) is 11.8 Å². The number of nitriles is 1. The van der Waals surface area contributed by atoms with Crippen LogP contribution in [-0.2, 0) is 4.79 Å². The number of carbonyl (C=O) groups excluding carboxylic acids is 1. The van der Waals surface area contributed by atoms with Gasteiger partial charge in [0.05, 0.1) is 5.92 Å². The lowest BCUT2D eigenvalue weighted by molar-refractivity contribution is -0.135. The van der Waals surface area contributed by atoms with Gasteiger partial charge in [0.15, 0.2) is 11.5 Å². The zero-order valence-corrected chi connectivity index (χ0v) is 13.3. The molecule has 0 aromatic carbocycles. The average molecular weight is 317 g/mol. The topological polar surface area (TPSA) is 73.1 Å². The van der Waals surface area contributed by atoms with Crippen molar-refractivity contribution in [2.24, 2.45) is 5.92 Å². The Morgan fingerprint density at radius 2 is 2.05 bits per heavy atom. The predicted molar refractivity (Wildman–Crippen MR) is 85.6 cm³/mol. The summed E-state index contributed by atoms with van der Waals surface area (Å²) in [5.41, 5.74) is 0.338. The molecule has 0 spiro atoms. The molecule has 7 heteroatoms. The second kappa shape index (κ2) is 6.97. The fraction of sp³-hybridized carbons (Fsp3) is 0.600. The molecule has 3 heterocycles. The monoisotopic (exact) mass is 317 g/mol. The standard InChI is InChI=1S/C15H19N5OS/c16-10-13-14(18-4-3-17-13)20-5-1-2-12(11-20)15(21)19-6-8-22-9-7-19/h3-4,12H,1-2,5-9,11H2. The van der Waals surface area contributed by atoms with Crippen LogP contribution in [0.5, 0.6) is 0 Å². The normalized spacial score (nSPS) is 22.2. The Bertz CT molecular complexity index is 582. The summed E-state index contributed by atoms with van der Waals surface area (Å²) in [7, 11) is 0. The third-order valence-corrected chi connectivity index (χ3v) is 5.12. The van der Waals surface area contributed by atoms with E-state index in [1.165, 1.54) is 6.20 Å². The first-order valence-electron chi connectivity index (χ1n) is 7.62. The summed E-state index contributed by atoms with van der Waals surface area (Å²) in [5, 5.41) is 9.17. The molecule has 6 nitrogen and oxygen atoms in total. The summed E-state index contributed by atoms with van der Waals surface area (Å²) >= 11 is 1.91. The molecular formula is C15H19N5OS. The number of aromatic nitrogens is 2. The van der Waals surface area contributed by atoms with Crippen LogP contribution in [0.4, 0.5) is 5.82 Å². The lowest BCUT2D eigenvalue weighted by atomic mass is 9.96. The van der Waals surface area contributed by atoms with Crippen LogP contribution in [0.1, 0.15) is 18.5 Å². The van der Waals surface area contributed by atoms with Crippen molar-refractivity contribution in [1.82, 2.24) is 14.9 Å². The summed E-state index contributed by atoms with van der Waals surface area (Å²) in [6.45, 7) is 3.17. The number of anilines is 1. The number of nitrogens with zero attached hydrogens (tertiary/aromatic N) is 5. The molecule has 1 aromatic heterocycles. The first-order chi connectivity index (χ1) is 10.8. The molecule has 1 unspecified atom stereocenters. The van der Waals surface area contributed by atoms with E-state index < -0.39 is 0 Å². The average Bonchev–Trinajstić information content (AvgIpc) is 2.62. The highest BCUT2D eigenvalue weighted by atomic mass is 32.2. The highest BCUT2D eigenvalue weighted by Crippen LogP contribution is 2.25. The van der Waals surface area contributed by atoms with Gasteiger partial charge in [-0.2, -0.15) is 17.0 Å². The quantitative estimate of drug-likeness (QED) is 0.814. The van der Waals surface area contributed by atoms with Crippen LogP contribution in [-0.4, -0.2) is 58.5 Å². The molecule has 116 valence electrons. The van der Waals surface area contributed by atoms with Crippen LogP contribution < -0.4 is 4.90 Å². The zero-order chi connectivity index (χ0) is 15.4. The van der Waals surface area contributed by atoms with Crippen LogP contribution in [0.2, 0.25) is 0 Å². The molecular weight excluding hydrogens is 298 g/mol. The van der Waals surface area contributed by atoms with Gasteiger partial charge in [-0.1, -0.05) is 0 Å². The van der Waals surface area contributed by atoms with Crippen molar-refractivity contribution >= 4 is 23.5 Å². The summed E-state index contributed by atoms with van der Waals surface area (Å²) in [4.78, 5) is 25.1. The van der Waals surface area contributed by atoms with Crippen molar-refractivity contribution in [2.75, 3.05) is 42.6 Å². The van der Waals surface area contributed by atoms with Crippen molar-refractivity contribution < 1.29 is 4.79 Å². The second-order valence-electron chi connectivity index (χ2n) is 5.56. The molecule has 0 N–H and O–H groups in total. The SMILES string of the molecule is N#Cc1nccnc1N1CCCC(C(=O)N2CCSCC2)C1. The second-order valence-corrected chi connectivity index (χ2v) is 6.79. The van der Waals surface area contributed by atoms with Gasteiger partial charge in [-0.05, 0) is 12.8 Å². The molecule has 0 aliphatic carbocycles. The van der Waals surface area contributed by atoms with Gasteiger partial charge < -0.3 is 9.80 Å². The Balaban J connectivity index is 1.71. The molecule has 1 amide bonds. The van der Waals surface area contributed by atoms with Gasteiger partial charge in [0.2, 0.25) is 5.91 Å². The fourth-order valence-corrected chi connectivity index (χ4v) is 3.96. The van der Waals surface area contributed by atoms with Gasteiger partial charge in [-0.25, -0.2) is 9.97 Å². The van der Waals surface area contributed by atoms with Gasteiger partial charge in [0.25, 0.3) is 0 Å². The van der Waals surface area contributed by atoms with E-state index >= 15 is 0 Å². The molecule has 1 atom stereocenters. The molecule has 0 saturated carbocycles. The Hall–Kier alpha value is -1.81. The Labute approximate surface area is 134 Å². The number of hydrogen-bond acceptors (Lipinski definition) is 6. The molecule has 2 fully saturated rings. The lowest BCUT2D eigenvalue weighted by Gasteiger charge is -2.36. The van der Waals surface area contributed by atoms with Crippen LogP contribution in [0.15, 0.2) is 12.4 Å². The van der Waals surface area contributed by atoms with Gasteiger partial charge >= 0.3 is 0 Å². The number of rotatable bonds is 2. The van der Waals surface area contributed by atoms with Gasteiger partial charge in [0, 0.05) is 50.1 Å². The summed E-state index contributed by atoms with van der Waals surface area (Å²) in [5.74, 6) is 2.94. The Morgan fingerprint density at radius 3 is 2.82 bits per heavy atom. The smallest absolute Gasteiger partial charge is 0.227 e. The van der Waals surface area contributed by atoms with Crippen molar-refractivity contribution in [3.63, 3.8) is 0 Å². The molecule has 2 aliphatic heterocycles. The first-order valence-corrected chi connectivity index (χ1v) is 8.77. The number of hydrogen-bond donors (Lipinski definition) is 0. The zero-order valence-electron chi connectivity index (χ0n) is 12.4. The van der Waals surface area contributed by atoms with Gasteiger partial charge in [-0.15, -0.1) is 0 Å². The van der Waals surface area contributed by atoms with Crippen LogP contribution in [0.3, 0.4) is 0 Å². The van der Waals surface area contributed by atoms with Crippen molar-refractivity contribution in [3.8, 4) is 6.07 Å². The summed E-state index contributed by atoms with van der Waals surface area (Å²) < 4.78 is 0. The minimum Gasteiger partial charge on any atom is -0.353 e. The molecule has 1 aromatic rings. The van der Waals surface area contributed by atoms with Crippen molar-refractivity contribution in [3.05, 3.63) is 18.1 Å². The van der Waals surface area contributed by atoms with E-state index in [0.29, 0.717) is 18.1 Å². The van der Waals surface area contributed by atoms with Gasteiger partial charge in [-0.3, -0.25) is 4.79 Å². The molecule has 2 aliphatic rings. The maximum atomic E-state index is 12.7. The number of piperidine rings is 1. The van der Waals surface area contributed by atoms with Gasteiger partial charge in [0.1, 0.15) is 6.07 Å². The maximum absolute atomic E-state index is 12.7. The van der Waals surface area contributed by atoms with Crippen molar-refractivity contribution in [1.29, 1.82) is 5.26 Å². The van der Waals surface area contributed by atoms with Crippen LogP contribution >= 0.6 is 11.8 Å². The molecule has 0 bridgehead atoms. The molecule has 0 radical (unpaired) electrons. The third kappa shape index (κ3) is 3.17. The highest BCUT2D eigenvalue weighted by Gasteiger charge is 2.31. The molecule has 2 saturated heterocycles. The number of thioether (sulfide) groups is 1. The molecule has 3 rings (SSSR count). The Morgan fingerprint density at radius 1 is 1.27 bits per heavy atom. The van der Waals surface area contributed by atoms with E-state index in [1.807, 2.05) is 21.6 Å². The minimum atomic E-state index is 0.00500. The summed E-state index contributed by atoms with van der Waals surface area (Å²) in [6.07, 6.45) is 4.99. The van der Waals surface area contributed by atoms with E-state index in [2.05, 4.69) is 16.0 Å². The lowest BCUT2D eigenvalue weighted by Crippen LogP contribution is -2.47. The number of amides is 1. The minimum absolute atomic E-state index is 0.00500. The van der Waals surface area contributed by atoms with Crippen LogP contribution in [0, 0.1) is 17.2 Å².